The molecular formula is C41H48ClN7O3. The van der Waals surface area contributed by atoms with Crippen LogP contribution in [0.5, 0.6) is 0 Å². The van der Waals surface area contributed by atoms with Crippen molar-refractivity contribution in [2.45, 2.75) is 58.2 Å². The Balaban J connectivity index is 1.10. The molecule has 272 valence electrons. The number of amides is 2. The molecule has 1 aliphatic rings. The van der Waals surface area contributed by atoms with Crippen molar-refractivity contribution in [1.29, 1.82) is 0 Å². The van der Waals surface area contributed by atoms with Gasteiger partial charge in [0, 0.05) is 24.7 Å². The number of carbonyl (C=O) groups excluding carboxylic acids is 2. The maximum Gasteiger partial charge on any atom is 0.249 e. The van der Waals surface area contributed by atoms with Crippen molar-refractivity contribution in [3.8, 4) is 33.6 Å². The monoisotopic (exact) mass is 721 g/mol. The van der Waals surface area contributed by atoms with E-state index < -0.39 is 6.04 Å². The zero-order valence-electron chi connectivity index (χ0n) is 30.4. The van der Waals surface area contributed by atoms with Crippen molar-refractivity contribution in [2.75, 3.05) is 40.4 Å². The van der Waals surface area contributed by atoms with Crippen LogP contribution in [0.3, 0.4) is 0 Å². The molecule has 6 rings (SSSR count). The van der Waals surface area contributed by atoms with Crippen molar-refractivity contribution in [2.24, 2.45) is 0 Å². The molecule has 0 spiro atoms. The Kier molecular flexibility index (Phi) is 12.2. The lowest BCUT2D eigenvalue weighted by molar-refractivity contribution is -0.138. The Morgan fingerprint density at radius 2 is 1.52 bits per heavy atom. The largest absolute Gasteiger partial charge is 0.372 e. The van der Waals surface area contributed by atoms with Crippen molar-refractivity contribution in [1.82, 2.24) is 34.6 Å². The number of H-pyrrole nitrogens is 2. The molecule has 0 saturated carbocycles. The summed E-state index contributed by atoms with van der Waals surface area (Å²) in [5, 5.41) is 0.577. The predicted molar refractivity (Wildman–Crippen MR) is 205 cm³/mol. The lowest BCUT2D eigenvalue weighted by Crippen LogP contribution is -2.41. The number of halogens is 1. The van der Waals surface area contributed by atoms with Gasteiger partial charge in [0.2, 0.25) is 11.8 Å². The Hall–Kier alpha value is -4.77. The molecule has 2 N–H and O–H groups in total. The number of hydrogen-bond donors (Lipinski definition) is 2. The number of rotatable bonds is 15. The SMILES string of the molecule is CCCOCC(=O)N1CCC[C@H]1c1ncc(-c2ccc(-c3ccc(-c4cnc(CN(CCC)C(=O)[C@@H](c5ccccc5Cl)N(C)C)[nH]4)cc3)cc2)[nH]1. The van der Waals surface area contributed by atoms with E-state index in [-0.39, 0.29) is 24.5 Å². The molecule has 52 heavy (non-hydrogen) atoms. The first-order chi connectivity index (χ1) is 25.3. The first-order valence-corrected chi connectivity index (χ1v) is 18.5. The van der Waals surface area contributed by atoms with Gasteiger partial charge in [0.1, 0.15) is 24.3 Å². The van der Waals surface area contributed by atoms with E-state index >= 15 is 0 Å². The van der Waals surface area contributed by atoms with Gasteiger partial charge in [0.25, 0.3) is 0 Å². The number of benzene rings is 3. The van der Waals surface area contributed by atoms with Gasteiger partial charge in [-0.3, -0.25) is 14.5 Å². The molecule has 1 aliphatic heterocycles. The Morgan fingerprint density at radius 1 is 0.885 bits per heavy atom. The molecule has 0 bridgehead atoms. The second-order valence-electron chi connectivity index (χ2n) is 13.5. The third kappa shape index (κ3) is 8.47. The number of carbonyl (C=O) groups is 2. The van der Waals surface area contributed by atoms with Crippen molar-refractivity contribution < 1.29 is 14.3 Å². The van der Waals surface area contributed by atoms with Crippen molar-refractivity contribution in [3.05, 3.63) is 107 Å². The zero-order valence-corrected chi connectivity index (χ0v) is 31.2. The molecule has 3 heterocycles. The maximum absolute atomic E-state index is 13.9. The first kappa shape index (κ1) is 37.0. The fourth-order valence-corrected chi connectivity index (χ4v) is 7.12. The standard InChI is InChI=1S/C41H48ClN7O3/c1-5-21-48(41(51)39(47(3)4)32-10-7-8-11-33(32)42)26-37-43-24-34(45-37)30-17-13-28(14-18-30)29-15-19-31(20-16-29)35-25-44-40(46-35)36-12-9-22-49(36)38(50)27-52-23-6-2/h7-8,10-11,13-20,24-25,36,39H,5-6,9,12,21-23,26-27H2,1-4H3,(H,43,45)(H,44,46)/t36-,39+/m0/s1. The van der Waals surface area contributed by atoms with Crippen LogP contribution < -0.4 is 0 Å². The van der Waals surface area contributed by atoms with E-state index in [2.05, 4.69) is 75.4 Å². The van der Waals surface area contributed by atoms with E-state index in [0.717, 1.165) is 83.1 Å². The van der Waals surface area contributed by atoms with E-state index in [9.17, 15) is 9.59 Å². The quantitative estimate of drug-likeness (QED) is 0.106. The number of likely N-dealkylation sites (tertiary alicyclic amines) is 1. The molecule has 2 atom stereocenters. The highest BCUT2D eigenvalue weighted by Crippen LogP contribution is 2.33. The van der Waals surface area contributed by atoms with Crippen LogP contribution in [-0.4, -0.2) is 86.8 Å². The summed E-state index contributed by atoms with van der Waals surface area (Å²) in [5.41, 5.74) is 6.85. The van der Waals surface area contributed by atoms with Gasteiger partial charge in [-0.05, 0) is 73.7 Å². The second kappa shape index (κ2) is 17.2. The second-order valence-corrected chi connectivity index (χ2v) is 13.9. The van der Waals surface area contributed by atoms with E-state index in [1.807, 2.05) is 72.4 Å². The molecule has 11 heteroatoms. The molecule has 1 fully saturated rings. The van der Waals surface area contributed by atoms with Gasteiger partial charge in [0.05, 0.1) is 36.4 Å². The highest BCUT2D eigenvalue weighted by molar-refractivity contribution is 6.31. The van der Waals surface area contributed by atoms with Gasteiger partial charge >= 0.3 is 0 Å². The molecule has 2 amide bonds. The molecule has 3 aromatic carbocycles. The fourth-order valence-electron chi connectivity index (χ4n) is 6.88. The van der Waals surface area contributed by atoms with Crippen LogP contribution in [0, 0.1) is 0 Å². The Bertz CT molecular complexity index is 1940. The molecule has 2 aromatic heterocycles. The lowest BCUT2D eigenvalue weighted by atomic mass is 10.0. The van der Waals surface area contributed by atoms with E-state index in [0.29, 0.717) is 24.7 Å². The normalized spacial score (nSPS) is 15.0. The summed E-state index contributed by atoms with van der Waals surface area (Å²) in [7, 11) is 3.80. The number of aromatic nitrogens is 4. The molecule has 5 aromatic rings. The van der Waals surface area contributed by atoms with Crippen LogP contribution in [0.4, 0.5) is 0 Å². The van der Waals surface area contributed by atoms with Crippen molar-refractivity contribution >= 4 is 23.4 Å². The van der Waals surface area contributed by atoms with Gasteiger partial charge < -0.3 is 24.5 Å². The highest BCUT2D eigenvalue weighted by atomic mass is 35.5. The average molecular weight is 722 g/mol. The third-order valence-corrected chi connectivity index (χ3v) is 9.85. The Labute approximate surface area is 311 Å². The summed E-state index contributed by atoms with van der Waals surface area (Å²) < 4.78 is 5.51. The summed E-state index contributed by atoms with van der Waals surface area (Å²) in [6, 6.07) is 23.7. The van der Waals surface area contributed by atoms with Gasteiger partial charge in [-0.25, -0.2) is 9.97 Å². The topological polar surface area (TPSA) is 110 Å². The molecular weight excluding hydrogens is 674 g/mol. The van der Waals surface area contributed by atoms with Crippen LogP contribution in [0.25, 0.3) is 33.6 Å². The van der Waals surface area contributed by atoms with Crippen LogP contribution in [0.2, 0.25) is 5.02 Å². The number of nitrogens with one attached hydrogen (secondary N) is 2. The highest BCUT2D eigenvalue weighted by Gasteiger charge is 2.32. The van der Waals surface area contributed by atoms with Crippen LogP contribution >= 0.6 is 11.6 Å². The number of ether oxygens (including phenoxy) is 1. The first-order valence-electron chi connectivity index (χ1n) is 18.1. The van der Waals surface area contributed by atoms with Gasteiger partial charge in [-0.1, -0.05) is 92.2 Å². The van der Waals surface area contributed by atoms with Crippen LogP contribution in [-0.2, 0) is 20.9 Å². The summed E-state index contributed by atoms with van der Waals surface area (Å²) in [6.45, 7) is 6.51. The fraction of sp³-hybridized carbons (Fsp3) is 0.366. The average Bonchev–Trinajstić information content (AvgIpc) is 3.94. The van der Waals surface area contributed by atoms with Crippen LogP contribution in [0.15, 0.2) is 85.2 Å². The van der Waals surface area contributed by atoms with E-state index in [4.69, 9.17) is 16.3 Å². The number of imidazole rings is 2. The minimum Gasteiger partial charge on any atom is -0.372 e. The number of nitrogens with zero attached hydrogens (tertiary/aromatic N) is 5. The lowest BCUT2D eigenvalue weighted by Gasteiger charge is -2.31. The zero-order chi connectivity index (χ0) is 36.6. The number of likely N-dealkylation sites (N-methyl/N-ethyl adjacent to an activating group) is 1. The Morgan fingerprint density at radius 3 is 2.15 bits per heavy atom. The summed E-state index contributed by atoms with van der Waals surface area (Å²) in [6.07, 6.45) is 7.23. The third-order valence-electron chi connectivity index (χ3n) is 9.51. The van der Waals surface area contributed by atoms with Gasteiger partial charge in [-0.15, -0.1) is 0 Å². The van der Waals surface area contributed by atoms with E-state index in [1.54, 1.807) is 0 Å². The molecule has 1 saturated heterocycles. The molecule has 10 nitrogen and oxygen atoms in total. The summed E-state index contributed by atoms with van der Waals surface area (Å²) >= 11 is 6.52. The van der Waals surface area contributed by atoms with Crippen LogP contribution in [0.1, 0.15) is 68.8 Å². The van der Waals surface area contributed by atoms with E-state index in [1.165, 1.54) is 0 Å². The van der Waals surface area contributed by atoms with Gasteiger partial charge in [-0.2, -0.15) is 0 Å². The number of hydrogen-bond acceptors (Lipinski definition) is 6. The minimum absolute atomic E-state index is 0.0121. The molecule has 0 unspecified atom stereocenters. The molecule has 0 radical (unpaired) electrons. The minimum atomic E-state index is -0.496. The number of aromatic amines is 2. The van der Waals surface area contributed by atoms with Gasteiger partial charge in [0.15, 0.2) is 0 Å². The maximum atomic E-state index is 13.9. The summed E-state index contributed by atoms with van der Waals surface area (Å²) in [5.74, 6) is 1.55. The predicted octanol–water partition coefficient (Wildman–Crippen LogP) is 7.92. The smallest absolute Gasteiger partial charge is 0.249 e. The molecule has 0 aliphatic carbocycles. The summed E-state index contributed by atoms with van der Waals surface area (Å²) in [4.78, 5) is 48.5. The van der Waals surface area contributed by atoms with Crippen molar-refractivity contribution in [3.63, 3.8) is 0 Å².